The van der Waals surface area contributed by atoms with Crippen molar-refractivity contribution in [2.24, 2.45) is 0 Å². The van der Waals surface area contributed by atoms with Crippen LogP contribution in [0.4, 0.5) is 0 Å². The summed E-state index contributed by atoms with van der Waals surface area (Å²) < 4.78 is 6.85. The Labute approximate surface area is 117 Å². The molecule has 0 unspecified atom stereocenters. The smallest absolute Gasteiger partial charge is 0.137 e. The molecule has 0 heterocycles. The summed E-state index contributed by atoms with van der Waals surface area (Å²) in [5, 5.41) is 3.51. The van der Waals surface area contributed by atoms with Gasteiger partial charge in [0.05, 0.1) is 11.1 Å². The lowest BCUT2D eigenvalue weighted by molar-refractivity contribution is 0.307. The molecule has 0 radical (unpaired) electrons. The standard InChI is InChI=1S/C15H18BrNO/c1-2-3-4-10-18-15-12(6-5-7-14(15)16)11-17-13-8-9-13/h1,5-7,13,17H,3-4,8-11H2. The molecule has 3 heteroatoms. The molecule has 0 atom stereocenters. The van der Waals surface area contributed by atoms with Crippen LogP contribution in [0.15, 0.2) is 22.7 Å². The summed E-state index contributed by atoms with van der Waals surface area (Å²) in [4.78, 5) is 0. The monoisotopic (exact) mass is 307 g/mol. The Bertz CT molecular complexity index is 435. The van der Waals surface area contributed by atoms with Crippen LogP contribution in [0.3, 0.4) is 0 Å². The van der Waals surface area contributed by atoms with E-state index in [2.05, 4.69) is 33.2 Å². The van der Waals surface area contributed by atoms with E-state index in [0.717, 1.165) is 29.6 Å². The van der Waals surface area contributed by atoms with Gasteiger partial charge in [-0.3, -0.25) is 0 Å². The quantitative estimate of drug-likeness (QED) is 0.615. The largest absolute Gasteiger partial charge is 0.492 e. The maximum Gasteiger partial charge on any atom is 0.137 e. The van der Waals surface area contributed by atoms with Gasteiger partial charge in [0.25, 0.3) is 0 Å². The van der Waals surface area contributed by atoms with Crippen molar-refractivity contribution < 1.29 is 4.74 Å². The second-order valence-corrected chi connectivity index (χ2v) is 5.39. The van der Waals surface area contributed by atoms with Gasteiger partial charge in [0.1, 0.15) is 5.75 Å². The number of benzene rings is 1. The van der Waals surface area contributed by atoms with E-state index < -0.39 is 0 Å². The number of para-hydroxylation sites is 1. The minimum Gasteiger partial charge on any atom is -0.492 e. The van der Waals surface area contributed by atoms with Crippen LogP contribution in [-0.4, -0.2) is 12.6 Å². The number of ether oxygens (including phenoxy) is 1. The van der Waals surface area contributed by atoms with Crippen LogP contribution in [0.1, 0.15) is 31.2 Å². The Balaban J connectivity index is 1.93. The van der Waals surface area contributed by atoms with E-state index in [1.165, 1.54) is 18.4 Å². The molecule has 96 valence electrons. The molecule has 1 N–H and O–H groups in total. The van der Waals surface area contributed by atoms with Crippen LogP contribution in [0.2, 0.25) is 0 Å². The van der Waals surface area contributed by atoms with Crippen molar-refractivity contribution in [1.82, 2.24) is 5.32 Å². The Kier molecular flexibility index (Phi) is 5.10. The van der Waals surface area contributed by atoms with Crippen molar-refractivity contribution in [1.29, 1.82) is 0 Å². The van der Waals surface area contributed by atoms with Crippen molar-refractivity contribution in [2.45, 2.75) is 38.3 Å². The van der Waals surface area contributed by atoms with Gasteiger partial charge < -0.3 is 10.1 Å². The number of hydrogen-bond acceptors (Lipinski definition) is 2. The topological polar surface area (TPSA) is 21.3 Å². The maximum atomic E-state index is 5.84. The van der Waals surface area contributed by atoms with Crippen molar-refractivity contribution in [3.8, 4) is 18.1 Å². The van der Waals surface area contributed by atoms with E-state index in [1.54, 1.807) is 0 Å². The highest BCUT2D eigenvalue weighted by Crippen LogP contribution is 2.30. The van der Waals surface area contributed by atoms with Crippen LogP contribution in [0.25, 0.3) is 0 Å². The van der Waals surface area contributed by atoms with E-state index in [4.69, 9.17) is 11.2 Å². The summed E-state index contributed by atoms with van der Waals surface area (Å²) in [6.45, 7) is 1.54. The van der Waals surface area contributed by atoms with E-state index in [1.807, 2.05) is 12.1 Å². The van der Waals surface area contributed by atoms with E-state index >= 15 is 0 Å². The molecule has 0 spiro atoms. The fraction of sp³-hybridized carbons (Fsp3) is 0.467. The molecule has 1 aliphatic rings. The third-order valence-electron chi connectivity index (χ3n) is 2.92. The third-order valence-corrected chi connectivity index (χ3v) is 3.54. The SMILES string of the molecule is C#CCCCOc1c(Br)cccc1CNC1CC1. The predicted molar refractivity (Wildman–Crippen MR) is 77.6 cm³/mol. The summed E-state index contributed by atoms with van der Waals surface area (Å²) >= 11 is 3.55. The summed E-state index contributed by atoms with van der Waals surface area (Å²) in [6, 6.07) is 6.87. The minimum absolute atomic E-state index is 0.670. The summed E-state index contributed by atoms with van der Waals surface area (Å²) in [6.07, 6.45) is 9.49. The van der Waals surface area contributed by atoms with Crippen LogP contribution in [0.5, 0.6) is 5.75 Å². The van der Waals surface area contributed by atoms with Gasteiger partial charge in [-0.15, -0.1) is 12.3 Å². The second-order valence-electron chi connectivity index (χ2n) is 4.54. The maximum absolute atomic E-state index is 5.84. The highest BCUT2D eigenvalue weighted by molar-refractivity contribution is 9.10. The first-order valence-electron chi connectivity index (χ1n) is 6.38. The molecular formula is C15H18BrNO. The second kappa shape index (κ2) is 6.82. The normalized spacial score (nSPS) is 14.2. The fourth-order valence-corrected chi connectivity index (χ4v) is 2.27. The Morgan fingerprint density at radius 1 is 1.44 bits per heavy atom. The average molecular weight is 308 g/mol. The number of hydrogen-bond donors (Lipinski definition) is 1. The molecule has 1 saturated carbocycles. The first-order valence-corrected chi connectivity index (χ1v) is 7.17. The van der Waals surface area contributed by atoms with Crippen molar-refractivity contribution in [2.75, 3.05) is 6.61 Å². The predicted octanol–water partition coefficient (Wildman–Crippen LogP) is 3.49. The van der Waals surface area contributed by atoms with E-state index in [-0.39, 0.29) is 0 Å². The summed E-state index contributed by atoms with van der Waals surface area (Å²) in [7, 11) is 0. The summed E-state index contributed by atoms with van der Waals surface area (Å²) in [5.41, 5.74) is 1.21. The number of nitrogens with one attached hydrogen (secondary N) is 1. The lowest BCUT2D eigenvalue weighted by Crippen LogP contribution is -2.16. The van der Waals surface area contributed by atoms with Gasteiger partial charge >= 0.3 is 0 Å². The number of unbranched alkanes of at least 4 members (excludes halogenated alkanes) is 1. The Morgan fingerprint density at radius 3 is 3.00 bits per heavy atom. The molecular weight excluding hydrogens is 290 g/mol. The first kappa shape index (κ1) is 13.5. The Hall–Kier alpha value is -0.980. The zero-order chi connectivity index (χ0) is 12.8. The summed E-state index contributed by atoms with van der Waals surface area (Å²) in [5.74, 6) is 3.57. The molecule has 2 nitrogen and oxygen atoms in total. The van der Waals surface area contributed by atoms with Gasteiger partial charge in [-0.1, -0.05) is 12.1 Å². The number of rotatable bonds is 7. The molecule has 2 rings (SSSR count). The fourth-order valence-electron chi connectivity index (χ4n) is 1.74. The van der Waals surface area contributed by atoms with E-state index in [0.29, 0.717) is 12.6 Å². The molecule has 18 heavy (non-hydrogen) atoms. The van der Waals surface area contributed by atoms with Crippen molar-refractivity contribution in [3.63, 3.8) is 0 Å². The molecule has 1 fully saturated rings. The molecule has 0 amide bonds. The van der Waals surface area contributed by atoms with Crippen LogP contribution >= 0.6 is 15.9 Å². The molecule has 0 saturated heterocycles. The van der Waals surface area contributed by atoms with Gasteiger partial charge in [-0.05, 0) is 41.3 Å². The van der Waals surface area contributed by atoms with Crippen molar-refractivity contribution in [3.05, 3.63) is 28.2 Å². The molecule has 1 aliphatic carbocycles. The molecule has 1 aromatic rings. The van der Waals surface area contributed by atoms with Crippen molar-refractivity contribution >= 4 is 15.9 Å². The highest BCUT2D eigenvalue weighted by Gasteiger charge is 2.20. The van der Waals surface area contributed by atoms with Gasteiger partial charge in [0.15, 0.2) is 0 Å². The third kappa shape index (κ3) is 4.04. The molecule has 0 aliphatic heterocycles. The van der Waals surface area contributed by atoms with Crippen LogP contribution in [0, 0.1) is 12.3 Å². The van der Waals surface area contributed by atoms with Crippen LogP contribution in [-0.2, 0) is 6.54 Å². The lowest BCUT2D eigenvalue weighted by Gasteiger charge is -2.13. The molecule has 0 aromatic heterocycles. The number of terminal acetylenes is 1. The van der Waals surface area contributed by atoms with Crippen LogP contribution < -0.4 is 10.1 Å². The highest BCUT2D eigenvalue weighted by atomic mass is 79.9. The minimum atomic E-state index is 0.670. The van der Waals surface area contributed by atoms with Gasteiger partial charge in [0, 0.05) is 24.6 Å². The average Bonchev–Trinajstić information content (AvgIpc) is 3.18. The zero-order valence-electron chi connectivity index (χ0n) is 10.4. The van der Waals surface area contributed by atoms with Gasteiger partial charge in [-0.25, -0.2) is 0 Å². The van der Waals surface area contributed by atoms with Gasteiger partial charge in [0.2, 0.25) is 0 Å². The van der Waals surface area contributed by atoms with Gasteiger partial charge in [-0.2, -0.15) is 0 Å². The first-order chi connectivity index (χ1) is 8.81. The lowest BCUT2D eigenvalue weighted by atomic mass is 10.2. The Morgan fingerprint density at radius 2 is 2.28 bits per heavy atom. The van der Waals surface area contributed by atoms with E-state index in [9.17, 15) is 0 Å². The molecule has 1 aromatic carbocycles. The number of halogens is 1. The zero-order valence-corrected chi connectivity index (χ0v) is 12.0. The molecule has 0 bridgehead atoms.